The second-order valence-electron chi connectivity index (χ2n) is 6.11. The van der Waals surface area contributed by atoms with Crippen molar-refractivity contribution in [1.29, 1.82) is 0 Å². The average Bonchev–Trinajstić information content (AvgIpc) is 2.88. The van der Waals surface area contributed by atoms with Crippen LogP contribution in [0.1, 0.15) is 41.2 Å². The van der Waals surface area contributed by atoms with Gasteiger partial charge in [-0.3, -0.25) is 4.79 Å². The summed E-state index contributed by atoms with van der Waals surface area (Å²) in [7, 11) is 0. The molecule has 0 unspecified atom stereocenters. The zero-order chi connectivity index (χ0) is 20.4. The van der Waals surface area contributed by atoms with Gasteiger partial charge in [0, 0.05) is 17.9 Å². The van der Waals surface area contributed by atoms with Crippen molar-refractivity contribution in [3.63, 3.8) is 0 Å². The van der Waals surface area contributed by atoms with Crippen molar-refractivity contribution in [3.8, 4) is 0 Å². The summed E-state index contributed by atoms with van der Waals surface area (Å²) in [5, 5.41) is 2.17. The van der Waals surface area contributed by atoms with Crippen LogP contribution < -0.4 is 5.32 Å². The Morgan fingerprint density at radius 1 is 1.22 bits per heavy atom. The van der Waals surface area contributed by atoms with Crippen molar-refractivity contribution < 1.29 is 27.5 Å². The number of benzene rings is 1. The van der Waals surface area contributed by atoms with Gasteiger partial charge in [0.1, 0.15) is 0 Å². The quantitative estimate of drug-likeness (QED) is 0.783. The lowest BCUT2D eigenvalue weighted by Gasteiger charge is -2.17. The summed E-state index contributed by atoms with van der Waals surface area (Å²) in [5.74, 6) is -1.54. The molecule has 1 atom stereocenters. The lowest BCUT2D eigenvalue weighted by molar-refractivity contribution is -0.137. The predicted octanol–water partition coefficient (Wildman–Crippen LogP) is 4.33. The van der Waals surface area contributed by atoms with Crippen LogP contribution in [-0.2, 0) is 22.3 Å². The predicted molar refractivity (Wildman–Crippen MR) is 94.5 cm³/mol. The Morgan fingerprint density at radius 2 is 1.85 bits per heavy atom. The summed E-state index contributed by atoms with van der Waals surface area (Å²) in [6.07, 6.45) is -5.87. The van der Waals surface area contributed by atoms with Crippen LogP contribution in [-0.4, -0.2) is 22.5 Å². The maximum Gasteiger partial charge on any atom is 0.418 e. The molecular weight excluding hydrogens is 361 g/mol. The molecular formula is C19H21F3N2O3. The number of halogens is 3. The number of ether oxygens (including phenoxy) is 1. The van der Waals surface area contributed by atoms with E-state index in [-0.39, 0.29) is 5.69 Å². The van der Waals surface area contributed by atoms with Crippen LogP contribution in [0.15, 0.2) is 30.3 Å². The number of hydrogen-bond acceptors (Lipinski definition) is 3. The largest absolute Gasteiger partial charge is 0.449 e. The fourth-order valence-corrected chi connectivity index (χ4v) is 2.85. The Labute approximate surface area is 155 Å². The van der Waals surface area contributed by atoms with Gasteiger partial charge in [-0.2, -0.15) is 13.2 Å². The first kappa shape index (κ1) is 20.5. The van der Waals surface area contributed by atoms with Crippen molar-refractivity contribution in [2.24, 2.45) is 0 Å². The lowest BCUT2D eigenvalue weighted by Crippen LogP contribution is -2.31. The second-order valence-corrected chi connectivity index (χ2v) is 6.11. The van der Waals surface area contributed by atoms with Gasteiger partial charge in [-0.05, 0) is 45.9 Å². The minimum absolute atomic E-state index is 0.324. The van der Waals surface area contributed by atoms with Gasteiger partial charge < -0.3 is 14.6 Å². The molecule has 1 heterocycles. The topological polar surface area (TPSA) is 60.3 Å². The van der Waals surface area contributed by atoms with Gasteiger partial charge in [-0.25, -0.2) is 4.79 Å². The molecule has 1 aromatic heterocycles. The normalized spacial score (nSPS) is 12.6. The molecule has 0 aliphatic heterocycles. The Bertz CT molecular complexity index is 856. The van der Waals surface area contributed by atoms with E-state index in [4.69, 9.17) is 4.74 Å². The molecule has 1 amide bonds. The van der Waals surface area contributed by atoms with E-state index in [0.717, 1.165) is 17.8 Å². The van der Waals surface area contributed by atoms with Crippen LogP contribution in [0.3, 0.4) is 0 Å². The summed E-state index contributed by atoms with van der Waals surface area (Å²) >= 11 is 0. The SMILES string of the molecule is CCn1c(C)cc(C(=O)O[C@@H](C)C(=O)Nc2ccccc2C(F)(F)F)c1C. The highest BCUT2D eigenvalue weighted by atomic mass is 19.4. The van der Waals surface area contributed by atoms with E-state index in [1.807, 2.05) is 18.4 Å². The highest BCUT2D eigenvalue weighted by Gasteiger charge is 2.34. The number of anilines is 1. The maximum absolute atomic E-state index is 13.0. The molecule has 2 aromatic rings. The number of carbonyl (C=O) groups is 2. The van der Waals surface area contributed by atoms with E-state index in [1.165, 1.54) is 19.1 Å². The first-order chi connectivity index (χ1) is 12.6. The molecule has 0 saturated carbocycles. The summed E-state index contributed by atoms with van der Waals surface area (Å²) in [6.45, 7) is 7.52. The fraction of sp³-hybridized carbons (Fsp3) is 0.368. The number of alkyl halides is 3. The van der Waals surface area contributed by atoms with Gasteiger partial charge in [-0.1, -0.05) is 12.1 Å². The first-order valence-corrected chi connectivity index (χ1v) is 8.41. The maximum atomic E-state index is 13.0. The highest BCUT2D eigenvalue weighted by molar-refractivity contribution is 5.98. The minimum Gasteiger partial charge on any atom is -0.449 e. The van der Waals surface area contributed by atoms with Gasteiger partial charge in [0.25, 0.3) is 5.91 Å². The number of amides is 1. The van der Waals surface area contributed by atoms with Crippen LogP contribution in [0.25, 0.3) is 0 Å². The van der Waals surface area contributed by atoms with Gasteiger partial charge in [0.15, 0.2) is 6.10 Å². The number of aryl methyl sites for hydroxylation is 1. The van der Waals surface area contributed by atoms with Crippen LogP contribution in [0.5, 0.6) is 0 Å². The standard InChI is InChI=1S/C19H21F3N2O3/c1-5-24-11(2)10-14(12(24)3)18(26)27-13(4)17(25)23-16-9-7-6-8-15(16)19(20,21)22/h6-10,13H,5H2,1-4H3,(H,23,25)/t13-/m0/s1. The third-order valence-corrected chi connectivity index (χ3v) is 4.25. The molecule has 0 aliphatic rings. The van der Waals surface area contributed by atoms with Crippen LogP contribution in [0, 0.1) is 13.8 Å². The van der Waals surface area contributed by atoms with Crippen molar-refractivity contribution >= 4 is 17.6 Å². The zero-order valence-corrected chi connectivity index (χ0v) is 15.5. The van der Waals surface area contributed by atoms with E-state index in [0.29, 0.717) is 17.8 Å². The summed E-state index contributed by atoms with van der Waals surface area (Å²) in [4.78, 5) is 24.6. The molecule has 1 N–H and O–H groups in total. The molecule has 5 nitrogen and oxygen atoms in total. The third kappa shape index (κ3) is 4.50. The fourth-order valence-electron chi connectivity index (χ4n) is 2.85. The molecule has 27 heavy (non-hydrogen) atoms. The molecule has 0 saturated heterocycles. The summed E-state index contributed by atoms with van der Waals surface area (Å²) in [5.41, 5.74) is 0.545. The molecule has 146 valence electrons. The molecule has 1 aromatic carbocycles. The Hall–Kier alpha value is -2.77. The average molecular weight is 382 g/mol. The number of nitrogens with one attached hydrogen (secondary N) is 1. The number of carbonyl (C=O) groups excluding carboxylic acids is 2. The van der Waals surface area contributed by atoms with Crippen LogP contribution in [0.2, 0.25) is 0 Å². The Morgan fingerprint density at radius 3 is 2.41 bits per heavy atom. The van der Waals surface area contributed by atoms with Crippen molar-refractivity contribution in [1.82, 2.24) is 4.57 Å². The Balaban J connectivity index is 2.12. The summed E-state index contributed by atoms with van der Waals surface area (Å²) < 4.78 is 46.1. The monoisotopic (exact) mass is 382 g/mol. The lowest BCUT2D eigenvalue weighted by atomic mass is 10.1. The minimum atomic E-state index is -4.61. The summed E-state index contributed by atoms with van der Waals surface area (Å²) in [6, 6.07) is 6.27. The zero-order valence-electron chi connectivity index (χ0n) is 15.5. The van der Waals surface area contributed by atoms with E-state index >= 15 is 0 Å². The van der Waals surface area contributed by atoms with E-state index in [2.05, 4.69) is 5.32 Å². The van der Waals surface area contributed by atoms with E-state index in [1.54, 1.807) is 13.0 Å². The Kier molecular flexibility index (Phi) is 5.98. The molecule has 0 radical (unpaired) electrons. The van der Waals surface area contributed by atoms with Crippen molar-refractivity contribution in [3.05, 3.63) is 52.8 Å². The van der Waals surface area contributed by atoms with Gasteiger partial charge in [0.2, 0.25) is 0 Å². The van der Waals surface area contributed by atoms with Gasteiger partial charge in [-0.15, -0.1) is 0 Å². The number of esters is 1. The van der Waals surface area contributed by atoms with E-state index < -0.39 is 29.7 Å². The second kappa shape index (κ2) is 7.85. The third-order valence-electron chi connectivity index (χ3n) is 4.25. The van der Waals surface area contributed by atoms with Gasteiger partial charge >= 0.3 is 12.1 Å². The smallest absolute Gasteiger partial charge is 0.418 e. The number of para-hydroxylation sites is 1. The number of hydrogen-bond donors (Lipinski definition) is 1. The molecule has 0 spiro atoms. The molecule has 0 aliphatic carbocycles. The molecule has 0 bridgehead atoms. The highest BCUT2D eigenvalue weighted by Crippen LogP contribution is 2.34. The number of aromatic nitrogens is 1. The van der Waals surface area contributed by atoms with Crippen LogP contribution >= 0.6 is 0 Å². The van der Waals surface area contributed by atoms with E-state index in [9.17, 15) is 22.8 Å². The molecule has 2 rings (SSSR count). The van der Waals surface area contributed by atoms with Gasteiger partial charge in [0.05, 0.1) is 16.8 Å². The van der Waals surface area contributed by atoms with Crippen molar-refractivity contribution in [2.45, 2.75) is 46.5 Å². The number of rotatable bonds is 5. The van der Waals surface area contributed by atoms with Crippen molar-refractivity contribution in [2.75, 3.05) is 5.32 Å². The molecule has 8 heteroatoms. The first-order valence-electron chi connectivity index (χ1n) is 8.41. The number of nitrogens with zero attached hydrogens (tertiary/aromatic N) is 1. The van der Waals surface area contributed by atoms with Crippen LogP contribution in [0.4, 0.5) is 18.9 Å². The molecule has 0 fully saturated rings.